The summed E-state index contributed by atoms with van der Waals surface area (Å²) in [6.45, 7) is 13.9. The highest BCUT2D eigenvalue weighted by Crippen LogP contribution is 2.64. The van der Waals surface area contributed by atoms with Crippen molar-refractivity contribution >= 4 is 30.0 Å². The molecule has 5 aliphatic rings. The third-order valence-electron chi connectivity index (χ3n) is 10.3. The number of hydrogen-bond acceptors (Lipinski definition) is 10. The summed E-state index contributed by atoms with van der Waals surface area (Å²) in [5, 5.41) is 11.8. The van der Waals surface area contributed by atoms with E-state index in [9.17, 15) is 24.3 Å². The molecule has 1 N–H and O–H groups in total. The highest BCUT2D eigenvalue weighted by molar-refractivity contribution is 5.87. The zero-order valence-electron chi connectivity index (χ0n) is 26.7. The third kappa shape index (κ3) is 5.74. The molecule has 3 aliphatic carbocycles. The number of benzene rings is 1. The van der Waals surface area contributed by atoms with Crippen LogP contribution in [-0.2, 0) is 42.9 Å². The predicted molar refractivity (Wildman–Crippen MR) is 162 cm³/mol. The van der Waals surface area contributed by atoms with Crippen LogP contribution in [0.1, 0.15) is 66.4 Å². The number of rotatable bonds is 6. The van der Waals surface area contributed by atoms with Crippen LogP contribution < -0.4 is 0 Å². The molecule has 242 valence electrons. The van der Waals surface area contributed by atoms with Crippen LogP contribution in [0, 0.1) is 22.7 Å². The van der Waals surface area contributed by atoms with E-state index in [1.54, 1.807) is 13.0 Å². The van der Waals surface area contributed by atoms with Gasteiger partial charge in [-0.1, -0.05) is 50.8 Å². The molecule has 1 aromatic carbocycles. The molecule has 6 rings (SSSR count). The Labute approximate surface area is 263 Å². The lowest BCUT2D eigenvalue weighted by atomic mass is 9.48. The quantitative estimate of drug-likeness (QED) is 0.210. The molecule has 0 spiro atoms. The molecule has 2 heterocycles. The highest BCUT2D eigenvalue weighted by Gasteiger charge is 2.69. The number of ether oxygens (including phenoxy) is 5. The molecule has 10 heteroatoms. The fraction of sp³-hybridized carbons (Fsp3) is 0.543. The number of hydrogen-bond donors (Lipinski definition) is 1. The number of aliphatic hydroxyl groups is 1. The average molecular weight is 623 g/mol. The summed E-state index contributed by atoms with van der Waals surface area (Å²) in [4.78, 5) is 51.1. The molecule has 2 saturated carbocycles. The van der Waals surface area contributed by atoms with Gasteiger partial charge in [-0.05, 0) is 48.1 Å². The molecule has 2 aliphatic heterocycles. The van der Waals surface area contributed by atoms with E-state index in [0.717, 1.165) is 5.56 Å². The minimum atomic E-state index is -1.73. The molecular formula is C35H42O10. The Hall–Kier alpha value is -3.76. The fourth-order valence-electron chi connectivity index (χ4n) is 8.25. The van der Waals surface area contributed by atoms with Crippen molar-refractivity contribution in [2.75, 3.05) is 6.61 Å². The fourth-order valence-corrected chi connectivity index (χ4v) is 8.25. The molecule has 1 saturated heterocycles. The molecule has 4 bridgehead atoms. The predicted octanol–water partition coefficient (Wildman–Crippen LogP) is 4.45. The van der Waals surface area contributed by atoms with Crippen molar-refractivity contribution in [2.45, 2.75) is 91.0 Å². The first kappa shape index (κ1) is 32.6. The number of carbonyl (C=O) groups excluding carboxylic acids is 4. The minimum absolute atomic E-state index is 0.0434. The van der Waals surface area contributed by atoms with Gasteiger partial charge >= 0.3 is 23.9 Å². The van der Waals surface area contributed by atoms with Crippen LogP contribution in [0.3, 0.4) is 0 Å². The van der Waals surface area contributed by atoms with Gasteiger partial charge in [-0.15, -0.1) is 0 Å². The average Bonchev–Trinajstić information content (AvgIpc) is 2.96. The van der Waals surface area contributed by atoms with Crippen molar-refractivity contribution in [3.63, 3.8) is 0 Å². The van der Waals surface area contributed by atoms with E-state index >= 15 is 0 Å². The van der Waals surface area contributed by atoms with Crippen LogP contribution in [-0.4, -0.2) is 65.8 Å². The van der Waals surface area contributed by atoms with Gasteiger partial charge in [0, 0.05) is 55.9 Å². The van der Waals surface area contributed by atoms with E-state index in [1.807, 2.05) is 44.2 Å². The van der Waals surface area contributed by atoms with Crippen molar-refractivity contribution in [2.24, 2.45) is 22.7 Å². The molecular weight excluding hydrogens is 580 g/mol. The van der Waals surface area contributed by atoms with Crippen molar-refractivity contribution in [1.82, 2.24) is 0 Å². The molecule has 5 unspecified atom stereocenters. The summed E-state index contributed by atoms with van der Waals surface area (Å²) in [7, 11) is 0. The maximum absolute atomic E-state index is 13.0. The lowest BCUT2D eigenvalue weighted by molar-refractivity contribution is -0.284. The van der Waals surface area contributed by atoms with Crippen LogP contribution in [0.4, 0.5) is 0 Å². The van der Waals surface area contributed by atoms with Gasteiger partial charge in [-0.25, -0.2) is 4.79 Å². The highest BCUT2D eigenvalue weighted by atomic mass is 16.6. The number of esters is 4. The van der Waals surface area contributed by atoms with Gasteiger partial charge in [-0.2, -0.15) is 0 Å². The van der Waals surface area contributed by atoms with Gasteiger partial charge < -0.3 is 28.8 Å². The Morgan fingerprint density at radius 1 is 0.978 bits per heavy atom. The molecule has 10 nitrogen and oxygen atoms in total. The second-order valence-corrected chi connectivity index (χ2v) is 13.2. The first-order valence-electron chi connectivity index (χ1n) is 15.3. The molecule has 0 radical (unpaired) electrons. The molecule has 0 amide bonds. The number of fused-ring (bicyclic) bond motifs is 2. The van der Waals surface area contributed by atoms with Gasteiger partial charge in [-0.3, -0.25) is 14.4 Å². The number of carbonyl (C=O) groups is 4. The Kier molecular flexibility index (Phi) is 8.61. The first-order chi connectivity index (χ1) is 21.1. The van der Waals surface area contributed by atoms with E-state index in [4.69, 9.17) is 23.7 Å². The van der Waals surface area contributed by atoms with Crippen LogP contribution in [0.25, 0.3) is 6.08 Å². The van der Waals surface area contributed by atoms with E-state index < -0.39 is 76.7 Å². The second-order valence-electron chi connectivity index (χ2n) is 13.2. The summed E-state index contributed by atoms with van der Waals surface area (Å²) in [6.07, 6.45) is 0.0508. The van der Waals surface area contributed by atoms with Gasteiger partial charge in [0.1, 0.15) is 18.3 Å². The zero-order valence-corrected chi connectivity index (χ0v) is 26.7. The van der Waals surface area contributed by atoms with Crippen molar-refractivity contribution in [3.05, 3.63) is 65.3 Å². The van der Waals surface area contributed by atoms with Crippen molar-refractivity contribution in [3.8, 4) is 0 Å². The van der Waals surface area contributed by atoms with E-state index in [1.165, 1.54) is 26.8 Å². The van der Waals surface area contributed by atoms with Gasteiger partial charge in [0.25, 0.3) is 0 Å². The van der Waals surface area contributed by atoms with Crippen LogP contribution >= 0.6 is 0 Å². The Morgan fingerprint density at radius 2 is 1.62 bits per heavy atom. The van der Waals surface area contributed by atoms with Crippen LogP contribution in [0.15, 0.2) is 59.7 Å². The Bertz CT molecular complexity index is 1460. The molecule has 1 aromatic rings. The maximum atomic E-state index is 13.0. The summed E-state index contributed by atoms with van der Waals surface area (Å²) >= 11 is 0. The van der Waals surface area contributed by atoms with Gasteiger partial charge in [0.05, 0.1) is 6.61 Å². The Morgan fingerprint density at radius 3 is 2.24 bits per heavy atom. The minimum Gasteiger partial charge on any atom is -0.462 e. The van der Waals surface area contributed by atoms with Gasteiger partial charge in [0.15, 0.2) is 11.9 Å². The first-order valence-corrected chi connectivity index (χ1v) is 15.3. The summed E-state index contributed by atoms with van der Waals surface area (Å²) in [6, 6.07) is 9.34. The topological polar surface area (TPSA) is 135 Å². The molecule has 3 fully saturated rings. The normalized spacial score (nSPS) is 37.3. The lowest BCUT2D eigenvalue weighted by Crippen LogP contribution is -2.69. The smallest absolute Gasteiger partial charge is 0.331 e. The maximum Gasteiger partial charge on any atom is 0.331 e. The summed E-state index contributed by atoms with van der Waals surface area (Å²) < 4.78 is 30.1. The molecule has 0 aromatic heterocycles. The monoisotopic (exact) mass is 622 g/mol. The van der Waals surface area contributed by atoms with E-state index in [0.29, 0.717) is 29.6 Å². The Balaban J connectivity index is 1.64. The lowest BCUT2D eigenvalue weighted by Gasteiger charge is -2.64. The second kappa shape index (κ2) is 11.9. The van der Waals surface area contributed by atoms with E-state index in [2.05, 4.69) is 6.58 Å². The largest absolute Gasteiger partial charge is 0.462 e. The molecule has 45 heavy (non-hydrogen) atoms. The SMILES string of the molecule is C=C1C(OC(=O)/C=C/c2ccccc2)CC[C@@]2(C)C(OC(C)=O)C(OC(C)=O)C3=C(C)C4(O)C[C@@H](C(OC(C)=O)[C@H]12)[C@@]3(C)CO4. The van der Waals surface area contributed by atoms with Crippen molar-refractivity contribution < 1.29 is 48.0 Å². The van der Waals surface area contributed by atoms with Crippen LogP contribution in [0.2, 0.25) is 0 Å². The zero-order chi connectivity index (χ0) is 32.9. The van der Waals surface area contributed by atoms with Crippen LogP contribution in [0.5, 0.6) is 0 Å². The third-order valence-corrected chi connectivity index (χ3v) is 10.3. The summed E-state index contributed by atoms with van der Waals surface area (Å²) in [5.41, 5.74) is 0.503. The molecule has 9 atom stereocenters. The van der Waals surface area contributed by atoms with E-state index in [-0.39, 0.29) is 13.0 Å². The van der Waals surface area contributed by atoms with Crippen molar-refractivity contribution in [1.29, 1.82) is 0 Å². The van der Waals surface area contributed by atoms with Gasteiger partial charge in [0.2, 0.25) is 0 Å². The standard InChI is InChI=1S/C35H42O10/c1-19-26(45-27(39)14-13-24-11-9-8-10-12-24)15-16-33(6)28(19)30(42-21(3)36)25-17-35(40)20(2)29(34(25,7)18-41-35)31(43-22(4)37)32(33)44-23(5)38/h8-14,25-26,28,30-32,40H,1,15-18H2,2-7H3/b14-13+/t25-,26?,28-,30?,31?,32?,33+,34+,35?/m0/s1. The summed E-state index contributed by atoms with van der Waals surface area (Å²) in [5.74, 6) is -5.25.